The van der Waals surface area contributed by atoms with E-state index in [1.54, 1.807) is 24.3 Å². The van der Waals surface area contributed by atoms with Crippen molar-refractivity contribution in [2.75, 3.05) is 11.9 Å². The summed E-state index contributed by atoms with van der Waals surface area (Å²) in [5.74, 6) is -0.149. The zero-order chi connectivity index (χ0) is 11.3. The standard InChI is InChI=1S/C10H14N4O/c1-2-13-10(12)14-8-5-3-4-7(6-8)9(11)15/h3-6H,2H2,1H3,(H2,11,15)(H3,12,13,14). The van der Waals surface area contributed by atoms with Crippen LogP contribution in [-0.4, -0.2) is 18.4 Å². The van der Waals surface area contributed by atoms with Crippen LogP contribution in [-0.2, 0) is 0 Å². The molecule has 0 fully saturated rings. The molecule has 0 atom stereocenters. The minimum atomic E-state index is -0.468. The highest BCUT2D eigenvalue weighted by Crippen LogP contribution is 2.09. The summed E-state index contributed by atoms with van der Waals surface area (Å²) in [5, 5.41) is 2.86. The third kappa shape index (κ3) is 3.30. The summed E-state index contributed by atoms with van der Waals surface area (Å²) < 4.78 is 0. The molecule has 0 spiro atoms. The number of benzene rings is 1. The van der Waals surface area contributed by atoms with Crippen molar-refractivity contribution < 1.29 is 4.79 Å². The second-order valence-electron chi connectivity index (χ2n) is 2.93. The lowest BCUT2D eigenvalue weighted by molar-refractivity contribution is 0.100. The van der Waals surface area contributed by atoms with Crippen molar-refractivity contribution in [2.45, 2.75) is 6.92 Å². The maximum atomic E-state index is 10.9. The molecule has 0 aromatic heterocycles. The van der Waals surface area contributed by atoms with Gasteiger partial charge < -0.3 is 16.8 Å². The maximum Gasteiger partial charge on any atom is 0.248 e. The van der Waals surface area contributed by atoms with Gasteiger partial charge in [-0.25, -0.2) is 0 Å². The average molecular weight is 206 g/mol. The van der Waals surface area contributed by atoms with E-state index in [1.807, 2.05) is 6.92 Å². The summed E-state index contributed by atoms with van der Waals surface area (Å²) in [7, 11) is 0. The summed E-state index contributed by atoms with van der Waals surface area (Å²) >= 11 is 0. The Morgan fingerprint density at radius 1 is 1.47 bits per heavy atom. The molecule has 5 nitrogen and oxygen atoms in total. The fourth-order valence-corrected chi connectivity index (χ4v) is 1.11. The van der Waals surface area contributed by atoms with Crippen LogP contribution in [0.3, 0.4) is 0 Å². The van der Waals surface area contributed by atoms with E-state index in [2.05, 4.69) is 10.3 Å². The van der Waals surface area contributed by atoms with Crippen LogP contribution in [0.5, 0.6) is 0 Å². The lowest BCUT2D eigenvalue weighted by atomic mass is 10.2. The van der Waals surface area contributed by atoms with E-state index in [0.29, 0.717) is 23.8 Å². The molecule has 0 aliphatic heterocycles. The SMILES string of the molecule is CCN=C(N)Nc1cccc(C(N)=O)c1. The van der Waals surface area contributed by atoms with E-state index in [4.69, 9.17) is 11.5 Å². The molecule has 15 heavy (non-hydrogen) atoms. The van der Waals surface area contributed by atoms with Crippen LogP contribution in [0.4, 0.5) is 5.69 Å². The van der Waals surface area contributed by atoms with Crippen LogP contribution in [0.2, 0.25) is 0 Å². The molecule has 0 aliphatic rings. The number of anilines is 1. The number of carbonyl (C=O) groups excluding carboxylic acids is 1. The number of hydrogen-bond acceptors (Lipinski definition) is 2. The molecular formula is C10H14N4O. The number of rotatable bonds is 3. The first-order chi connectivity index (χ1) is 7.13. The van der Waals surface area contributed by atoms with Gasteiger partial charge in [0.25, 0.3) is 0 Å². The van der Waals surface area contributed by atoms with Crippen LogP contribution in [0, 0.1) is 0 Å². The molecule has 0 saturated heterocycles. The third-order valence-electron chi connectivity index (χ3n) is 1.75. The molecule has 80 valence electrons. The predicted molar refractivity (Wildman–Crippen MR) is 60.7 cm³/mol. The van der Waals surface area contributed by atoms with Crippen molar-refractivity contribution in [3.8, 4) is 0 Å². The van der Waals surface area contributed by atoms with Crippen molar-refractivity contribution in [3.63, 3.8) is 0 Å². The van der Waals surface area contributed by atoms with Gasteiger partial charge in [-0.15, -0.1) is 0 Å². The van der Waals surface area contributed by atoms with Gasteiger partial charge in [0.2, 0.25) is 5.91 Å². The van der Waals surface area contributed by atoms with Crippen LogP contribution >= 0.6 is 0 Å². The first kappa shape index (κ1) is 11.0. The van der Waals surface area contributed by atoms with Crippen molar-refractivity contribution >= 4 is 17.6 Å². The Labute approximate surface area is 88.2 Å². The molecular weight excluding hydrogens is 192 g/mol. The molecule has 5 heteroatoms. The maximum absolute atomic E-state index is 10.9. The predicted octanol–water partition coefficient (Wildman–Crippen LogP) is 0.532. The first-order valence-electron chi connectivity index (χ1n) is 4.60. The van der Waals surface area contributed by atoms with Gasteiger partial charge in [0.05, 0.1) is 0 Å². The minimum Gasteiger partial charge on any atom is -0.370 e. The molecule has 1 aromatic rings. The lowest BCUT2D eigenvalue weighted by Gasteiger charge is -2.05. The Morgan fingerprint density at radius 2 is 2.20 bits per heavy atom. The zero-order valence-corrected chi connectivity index (χ0v) is 8.53. The molecule has 0 radical (unpaired) electrons. The molecule has 0 bridgehead atoms. The van der Waals surface area contributed by atoms with Crippen molar-refractivity contribution in [3.05, 3.63) is 29.8 Å². The zero-order valence-electron chi connectivity index (χ0n) is 8.53. The van der Waals surface area contributed by atoms with Crippen LogP contribution in [0.25, 0.3) is 0 Å². The number of amides is 1. The summed E-state index contributed by atoms with van der Waals surface area (Å²) in [4.78, 5) is 14.9. The number of nitrogens with one attached hydrogen (secondary N) is 1. The molecule has 1 aromatic carbocycles. The lowest BCUT2D eigenvalue weighted by Crippen LogP contribution is -2.23. The average Bonchev–Trinajstić information content (AvgIpc) is 2.18. The van der Waals surface area contributed by atoms with Gasteiger partial charge in [-0.1, -0.05) is 6.07 Å². The van der Waals surface area contributed by atoms with Gasteiger partial charge in [0.1, 0.15) is 0 Å². The Balaban J connectivity index is 2.82. The van der Waals surface area contributed by atoms with E-state index >= 15 is 0 Å². The summed E-state index contributed by atoms with van der Waals surface area (Å²) in [6.45, 7) is 2.49. The molecule has 0 aliphatic carbocycles. The van der Waals surface area contributed by atoms with E-state index < -0.39 is 5.91 Å². The highest BCUT2D eigenvalue weighted by atomic mass is 16.1. The molecule has 1 amide bonds. The molecule has 0 heterocycles. The summed E-state index contributed by atoms with van der Waals surface area (Å²) in [6, 6.07) is 6.77. The number of hydrogen-bond donors (Lipinski definition) is 3. The summed E-state index contributed by atoms with van der Waals surface area (Å²) in [5.41, 5.74) is 11.8. The highest BCUT2D eigenvalue weighted by molar-refractivity contribution is 5.96. The third-order valence-corrected chi connectivity index (χ3v) is 1.75. The summed E-state index contributed by atoms with van der Waals surface area (Å²) in [6.07, 6.45) is 0. The van der Waals surface area contributed by atoms with Crippen molar-refractivity contribution in [1.82, 2.24) is 0 Å². The number of nitrogens with zero attached hydrogens (tertiary/aromatic N) is 1. The number of carbonyl (C=O) groups is 1. The van der Waals surface area contributed by atoms with Crippen molar-refractivity contribution in [2.24, 2.45) is 16.5 Å². The van der Waals surface area contributed by atoms with E-state index in [-0.39, 0.29) is 0 Å². The van der Waals surface area contributed by atoms with E-state index in [0.717, 1.165) is 0 Å². The Morgan fingerprint density at radius 3 is 2.80 bits per heavy atom. The van der Waals surface area contributed by atoms with Gasteiger partial charge >= 0.3 is 0 Å². The van der Waals surface area contributed by atoms with Gasteiger partial charge in [-0.2, -0.15) is 0 Å². The molecule has 0 unspecified atom stereocenters. The Hall–Kier alpha value is -2.04. The first-order valence-corrected chi connectivity index (χ1v) is 4.60. The van der Waals surface area contributed by atoms with Gasteiger partial charge in [-0.3, -0.25) is 9.79 Å². The van der Waals surface area contributed by atoms with Crippen molar-refractivity contribution in [1.29, 1.82) is 0 Å². The fraction of sp³-hybridized carbons (Fsp3) is 0.200. The molecule has 0 saturated carbocycles. The Bertz CT molecular complexity index is 387. The van der Waals surface area contributed by atoms with Gasteiger partial charge in [-0.05, 0) is 25.1 Å². The quantitative estimate of drug-likeness (QED) is 0.497. The number of guanidine groups is 1. The molecule has 5 N–H and O–H groups in total. The highest BCUT2D eigenvalue weighted by Gasteiger charge is 2.01. The normalized spacial score (nSPS) is 11.1. The number of primary amides is 1. The second kappa shape index (κ2) is 4.99. The van der Waals surface area contributed by atoms with Crippen LogP contribution in [0.15, 0.2) is 29.3 Å². The van der Waals surface area contributed by atoms with E-state index in [9.17, 15) is 4.79 Å². The minimum absolute atomic E-state index is 0.319. The molecule has 1 rings (SSSR count). The smallest absolute Gasteiger partial charge is 0.248 e. The number of nitrogens with two attached hydrogens (primary N) is 2. The van der Waals surface area contributed by atoms with Gasteiger partial charge in [0, 0.05) is 17.8 Å². The fourth-order valence-electron chi connectivity index (χ4n) is 1.11. The van der Waals surface area contributed by atoms with Gasteiger partial charge in [0.15, 0.2) is 5.96 Å². The topological polar surface area (TPSA) is 93.5 Å². The second-order valence-corrected chi connectivity index (χ2v) is 2.93. The largest absolute Gasteiger partial charge is 0.370 e. The van der Waals surface area contributed by atoms with Crippen LogP contribution in [0.1, 0.15) is 17.3 Å². The van der Waals surface area contributed by atoms with Crippen LogP contribution < -0.4 is 16.8 Å². The monoisotopic (exact) mass is 206 g/mol. The number of aliphatic imine (C=N–C) groups is 1. The Kier molecular flexibility index (Phi) is 3.68. The van der Waals surface area contributed by atoms with E-state index in [1.165, 1.54) is 0 Å².